The van der Waals surface area contributed by atoms with Gasteiger partial charge in [-0.05, 0) is 38.4 Å². The Balaban J connectivity index is 0.000000339. The van der Waals surface area contributed by atoms with Gasteiger partial charge in [0.25, 0.3) is 0 Å². The Morgan fingerprint density at radius 2 is 1.88 bits per heavy atom. The first-order valence-electron chi connectivity index (χ1n) is 7.42. The van der Waals surface area contributed by atoms with Crippen LogP contribution in [0.25, 0.3) is 0 Å². The fourth-order valence-electron chi connectivity index (χ4n) is 1.98. The Bertz CT molecular complexity index is 666. The maximum atomic E-state index is 10.0. The fraction of sp³-hybridized carbons (Fsp3) is 0.105. The molecule has 0 amide bonds. The summed E-state index contributed by atoms with van der Waals surface area (Å²) in [6, 6.07) is 16.9. The van der Waals surface area contributed by atoms with Crippen molar-refractivity contribution in [2.75, 3.05) is 9.80 Å². The van der Waals surface area contributed by atoms with Gasteiger partial charge >= 0.3 is 21.1 Å². The number of hydrogen-bond acceptors (Lipinski definition) is 5. The van der Waals surface area contributed by atoms with E-state index in [1.165, 1.54) is 19.9 Å². The second-order valence-corrected chi connectivity index (χ2v) is 5.06. The number of benzene rings is 1. The van der Waals surface area contributed by atoms with Gasteiger partial charge in [0.2, 0.25) is 0 Å². The Morgan fingerprint density at radius 1 is 1.16 bits per heavy atom. The Kier molecular flexibility index (Phi) is 8.65. The fourth-order valence-corrected chi connectivity index (χ4v) is 1.98. The van der Waals surface area contributed by atoms with Crippen molar-refractivity contribution in [3.8, 4) is 0 Å². The van der Waals surface area contributed by atoms with E-state index in [2.05, 4.69) is 11.1 Å². The molecule has 25 heavy (non-hydrogen) atoms. The molecule has 2 aromatic rings. The molecular formula is C19H19N3O2Pt. The van der Waals surface area contributed by atoms with Crippen molar-refractivity contribution >= 4 is 17.3 Å². The molecule has 0 fully saturated rings. The van der Waals surface area contributed by atoms with Crippen molar-refractivity contribution in [1.29, 1.82) is 0 Å². The van der Waals surface area contributed by atoms with Crippen molar-refractivity contribution in [3.05, 3.63) is 85.6 Å². The molecule has 5 nitrogen and oxygen atoms in total. The largest absolute Gasteiger partial charge is 2.00 e. The van der Waals surface area contributed by atoms with Gasteiger partial charge in [0.1, 0.15) is 5.82 Å². The van der Waals surface area contributed by atoms with Crippen molar-refractivity contribution in [1.82, 2.24) is 4.98 Å². The molecule has 1 aromatic carbocycles. The standard InChI is InChI=1S/C14H11N3.C5H8O2.Pt/c1-2-6-13(7-3-1)16-10-11-17(12-16)14-8-4-5-9-15-14;1-4(6)3-5(2)7;/h1-6,8-12H;3,6H,1-2H3;/q-2;;+2. The predicted molar refractivity (Wildman–Crippen MR) is 95.0 cm³/mol. The number of nitrogens with zero attached hydrogens (tertiary/aromatic N) is 3. The van der Waals surface area contributed by atoms with E-state index in [1.54, 1.807) is 6.20 Å². The van der Waals surface area contributed by atoms with Gasteiger partial charge in [-0.2, -0.15) is 30.3 Å². The van der Waals surface area contributed by atoms with Gasteiger partial charge in [0, 0.05) is 12.3 Å². The molecule has 0 saturated heterocycles. The first-order valence-corrected chi connectivity index (χ1v) is 7.42. The normalized spacial score (nSPS) is 13.0. The molecule has 0 unspecified atom stereocenters. The van der Waals surface area contributed by atoms with Crippen molar-refractivity contribution in [2.45, 2.75) is 13.8 Å². The number of rotatable bonds is 3. The molecule has 1 N–H and O–H groups in total. The molecule has 0 aliphatic carbocycles. The maximum absolute atomic E-state index is 10.0. The number of aromatic nitrogens is 1. The smallest absolute Gasteiger partial charge is 0.512 e. The molecule has 1 aliphatic rings. The number of anilines is 2. The molecule has 0 atom stereocenters. The molecule has 3 rings (SSSR count). The Morgan fingerprint density at radius 3 is 2.40 bits per heavy atom. The summed E-state index contributed by atoms with van der Waals surface area (Å²) in [5, 5.41) is 8.36. The van der Waals surface area contributed by atoms with Crippen LogP contribution in [0.5, 0.6) is 0 Å². The quantitative estimate of drug-likeness (QED) is 0.382. The number of aliphatic hydroxyl groups is 1. The summed E-state index contributed by atoms with van der Waals surface area (Å²) < 4.78 is 0. The average molecular weight is 516 g/mol. The van der Waals surface area contributed by atoms with Gasteiger partial charge in [-0.1, -0.05) is 6.07 Å². The second-order valence-electron chi connectivity index (χ2n) is 5.06. The van der Waals surface area contributed by atoms with Crippen molar-refractivity contribution < 1.29 is 31.0 Å². The van der Waals surface area contributed by atoms with Crippen LogP contribution >= 0.6 is 0 Å². The molecule has 0 bridgehead atoms. The summed E-state index contributed by atoms with van der Waals surface area (Å²) in [6.07, 6.45) is 6.91. The Labute approximate surface area is 162 Å². The van der Waals surface area contributed by atoms with Gasteiger partial charge in [-0.25, -0.2) is 4.98 Å². The number of carbonyl (C=O) groups is 1. The van der Waals surface area contributed by atoms with Crippen LogP contribution in [0.2, 0.25) is 0 Å². The molecule has 0 saturated carbocycles. The first kappa shape index (κ1) is 20.7. The minimum atomic E-state index is -0.125. The number of pyridine rings is 1. The number of ketones is 1. The van der Waals surface area contributed by atoms with E-state index >= 15 is 0 Å². The van der Waals surface area contributed by atoms with Gasteiger partial charge in [0.05, 0.1) is 5.76 Å². The van der Waals surface area contributed by atoms with E-state index in [0.29, 0.717) is 0 Å². The topological polar surface area (TPSA) is 56.7 Å². The van der Waals surface area contributed by atoms with Crippen LogP contribution in [-0.2, 0) is 25.9 Å². The zero-order valence-electron chi connectivity index (χ0n) is 13.9. The molecule has 2 heterocycles. The van der Waals surface area contributed by atoms with Gasteiger partial charge < -0.3 is 14.9 Å². The monoisotopic (exact) mass is 516 g/mol. The third kappa shape index (κ3) is 6.94. The van der Waals surface area contributed by atoms with Crippen LogP contribution < -0.4 is 9.80 Å². The van der Waals surface area contributed by atoms with Crippen LogP contribution in [0, 0.1) is 12.7 Å². The maximum Gasteiger partial charge on any atom is 2.00 e. The molecule has 1 aliphatic heterocycles. The zero-order valence-corrected chi connectivity index (χ0v) is 16.2. The van der Waals surface area contributed by atoms with E-state index in [9.17, 15) is 4.79 Å². The third-order valence-corrected chi connectivity index (χ3v) is 2.93. The summed E-state index contributed by atoms with van der Waals surface area (Å²) in [5.41, 5.74) is 1.02. The van der Waals surface area contributed by atoms with E-state index in [1.807, 2.05) is 71.3 Å². The number of hydrogen-bond donors (Lipinski definition) is 1. The van der Waals surface area contributed by atoms with E-state index in [-0.39, 0.29) is 32.6 Å². The minimum absolute atomic E-state index is 0. The van der Waals surface area contributed by atoms with Gasteiger partial charge in [0.15, 0.2) is 5.78 Å². The van der Waals surface area contributed by atoms with Crippen molar-refractivity contribution in [3.63, 3.8) is 0 Å². The minimum Gasteiger partial charge on any atom is -0.512 e. The predicted octanol–water partition coefficient (Wildman–Crippen LogP) is 3.83. The molecule has 1 aromatic heterocycles. The number of carbonyl (C=O) groups excluding carboxylic acids is 1. The SMILES string of the molecule is CC(=O)C=C(C)O.[Pt+2].[c-]1ccccc1N1C=CN(c2ccccn2)[CH-]1. The van der Waals surface area contributed by atoms with Crippen LogP contribution in [0.1, 0.15) is 13.8 Å². The number of aliphatic hydroxyl groups excluding tert-OH is 1. The zero-order chi connectivity index (χ0) is 17.4. The molecule has 132 valence electrons. The van der Waals surface area contributed by atoms with Crippen LogP contribution in [0.4, 0.5) is 11.5 Å². The summed E-state index contributed by atoms with van der Waals surface area (Å²) in [6.45, 7) is 4.83. The van der Waals surface area contributed by atoms with Gasteiger partial charge in [-0.15, -0.1) is 12.4 Å². The summed E-state index contributed by atoms with van der Waals surface area (Å²) in [4.78, 5) is 18.3. The summed E-state index contributed by atoms with van der Waals surface area (Å²) in [5.74, 6) is 0.842. The third-order valence-electron chi connectivity index (χ3n) is 2.93. The molecule has 6 heteroatoms. The Hall–Kier alpha value is -2.39. The number of para-hydroxylation sites is 1. The van der Waals surface area contributed by atoms with Crippen LogP contribution in [0.3, 0.4) is 0 Å². The average Bonchev–Trinajstić information content (AvgIpc) is 3.06. The van der Waals surface area contributed by atoms with Gasteiger partial charge in [-0.3, -0.25) is 4.79 Å². The molecule has 0 spiro atoms. The summed E-state index contributed by atoms with van der Waals surface area (Å²) in [7, 11) is 0. The first-order chi connectivity index (χ1) is 11.6. The van der Waals surface area contributed by atoms with E-state index in [4.69, 9.17) is 5.11 Å². The molecular weight excluding hydrogens is 497 g/mol. The molecule has 0 radical (unpaired) electrons. The second kappa shape index (κ2) is 10.5. The number of allylic oxidation sites excluding steroid dienone is 2. The summed E-state index contributed by atoms with van der Waals surface area (Å²) >= 11 is 0. The van der Waals surface area contributed by atoms with Crippen LogP contribution in [-0.4, -0.2) is 15.9 Å². The van der Waals surface area contributed by atoms with Crippen LogP contribution in [0.15, 0.2) is 72.9 Å². The van der Waals surface area contributed by atoms with E-state index < -0.39 is 0 Å². The van der Waals surface area contributed by atoms with E-state index in [0.717, 1.165) is 11.5 Å². The van der Waals surface area contributed by atoms with Crippen molar-refractivity contribution in [2.24, 2.45) is 0 Å².